The Labute approximate surface area is 156 Å². The fraction of sp³-hybridized carbons (Fsp3) is 0.545. The third-order valence-electron chi connectivity index (χ3n) is 5.65. The molecule has 0 atom stereocenters. The Balaban J connectivity index is 2.18. The molecule has 4 nitrogen and oxygen atoms in total. The second-order valence-corrected chi connectivity index (χ2v) is 7.48. The first kappa shape index (κ1) is 18.7. The number of hydrogen-bond donors (Lipinski definition) is 1. The maximum atomic E-state index is 12.4. The number of nitrogens with zero attached hydrogens (tertiary/aromatic N) is 2. The molecule has 0 bridgehead atoms. The van der Waals surface area contributed by atoms with Crippen LogP contribution < -0.4 is 5.73 Å². The molecule has 2 heterocycles. The minimum atomic E-state index is -0.342. The lowest BCUT2D eigenvalue weighted by molar-refractivity contribution is 0.1000. The molecule has 4 heteroatoms. The number of rotatable bonds is 5. The normalized spacial score (nSPS) is 16.2. The summed E-state index contributed by atoms with van der Waals surface area (Å²) in [6, 6.07) is 6.34. The number of aromatic nitrogens is 2. The standard InChI is InChI=1S/C22H31N3O/c1-3-11-19-21(18-14-9-10-15-24-18)20(22(23)26)16(2)25(19)17-12-7-5-4-6-8-13-17/h9-10,14-15,17H,3-8,11-13H2,1-2H3,(H2,23,26). The molecule has 3 rings (SSSR count). The highest BCUT2D eigenvalue weighted by atomic mass is 16.1. The highest BCUT2D eigenvalue weighted by molar-refractivity contribution is 6.01. The van der Waals surface area contributed by atoms with E-state index in [1.54, 1.807) is 6.20 Å². The molecule has 0 unspecified atom stereocenters. The van der Waals surface area contributed by atoms with Gasteiger partial charge in [-0.25, -0.2) is 0 Å². The molecule has 26 heavy (non-hydrogen) atoms. The Bertz CT molecular complexity index is 740. The van der Waals surface area contributed by atoms with Gasteiger partial charge in [-0.1, -0.05) is 51.5 Å². The van der Waals surface area contributed by atoms with Gasteiger partial charge in [-0.15, -0.1) is 0 Å². The summed E-state index contributed by atoms with van der Waals surface area (Å²) in [7, 11) is 0. The molecule has 0 aliphatic heterocycles. The van der Waals surface area contributed by atoms with Gasteiger partial charge in [0, 0.05) is 29.2 Å². The summed E-state index contributed by atoms with van der Waals surface area (Å²) < 4.78 is 2.44. The molecule has 1 aliphatic rings. The first-order chi connectivity index (χ1) is 12.6. The van der Waals surface area contributed by atoms with Gasteiger partial charge in [-0.2, -0.15) is 0 Å². The highest BCUT2D eigenvalue weighted by Gasteiger charge is 2.28. The van der Waals surface area contributed by atoms with Crippen molar-refractivity contribution in [3.63, 3.8) is 0 Å². The zero-order valence-corrected chi connectivity index (χ0v) is 16.1. The van der Waals surface area contributed by atoms with Crippen LogP contribution in [0.3, 0.4) is 0 Å². The fourth-order valence-corrected chi connectivity index (χ4v) is 4.53. The minimum absolute atomic E-state index is 0.342. The summed E-state index contributed by atoms with van der Waals surface area (Å²) in [6.45, 7) is 4.25. The van der Waals surface area contributed by atoms with E-state index in [1.165, 1.54) is 50.6 Å². The Kier molecular flexibility index (Phi) is 6.12. The van der Waals surface area contributed by atoms with Crippen LogP contribution in [0.25, 0.3) is 11.3 Å². The summed E-state index contributed by atoms with van der Waals surface area (Å²) in [5.74, 6) is -0.342. The maximum Gasteiger partial charge on any atom is 0.251 e. The predicted molar refractivity (Wildman–Crippen MR) is 106 cm³/mol. The molecule has 140 valence electrons. The van der Waals surface area contributed by atoms with Crippen LogP contribution in [0.15, 0.2) is 24.4 Å². The third-order valence-corrected chi connectivity index (χ3v) is 5.65. The molecule has 0 saturated heterocycles. The number of hydrogen-bond acceptors (Lipinski definition) is 2. The van der Waals surface area contributed by atoms with Gasteiger partial charge in [0.1, 0.15) is 0 Å². The van der Waals surface area contributed by atoms with Crippen molar-refractivity contribution >= 4 is 5.91 Å². The van der Waals surface area contributed by atoms with Crippen LogP contribution in [0, 0.1) is 6.92 Å². The average molecular weight is 354 g/mol. The second-order valence-electron chi connectivity index (χ2n) is 7.48. The van der Waals surface area contributed by atoms with Gasteiger partial charge in [0.15, 0.2) is 0 Å². The van der Waals surface area contributed by atoms with Crippen LogP contribution in [0.2, 0.25) is 0 Å². The minimum Gasteiger partial charge on any atom is -0.366 e. The summed E-state index contributed by atoms with van der Waals surface area (Å²) in [5, 5.41) is 0. The van der Waals surface area contributed by atoms with E-state index in [1.807, 2.05) is 18.2 Å². The second kappa shape index (κ2) is 8.52. The van der Waals surface area contributed by atoms with E-state index in [9.17, 15) is 4.79 Å². The number of carbonyl (C=O) groups excluding carboxylic acids is 1. The predicted octanol–water partition coefficient (Wildman–Crippen LogP) is 5.20. The van der Waals surface area contributed by atoms with Crippen molar-refractivity contribution in [2.45, 2.75) is 77.7 Å². The van der Waals surface area contributed by atoms with E-state index in [2.05, 4.69) is 23.4 Å². The average Bonchev–Trinajstić information content (AvgIpc) is 2.89. The SMILES string of the molecule is CCCc1c(-c2ccccn2)c(C(N)=O)c(C)n1C1CCCCCCC1. The van der Waals surface area contributed by atoms with Crippen LogP contribution in [0.1, 0.15) is 86.1 Å². The lowest BCUT2D eigenvalue weighted by atomic mass is 9.96. The maximum absolute atomic E-state index is 12.4. The van der Waals surface area contributed by atoms with E-state index in [0.717, 1.165) is 29.8 Å². The molecule has 1 aliphatic carbocycles. The van der Waals surface area contributed by atoms with Gasteiger partial charge in [-0.3, -0.25) is 9.78 Å². The largest absolute Gasteiger partial charge is 0.366 e. The molecule has 0 spiro atoms. The lowest BCUT2D eigenvalue weighted by Crippen LogP contribution is -2.17. The van der Waals surface area contributed by atoms with Crippen LogP contribution >= 0.6 is 0 Å². The van der Waals surface area contributed by atoms with Crippen molar-refractivity contribution in [1.29, 1.82) is 0 Å². The molecule has 2 aromatic heterocycles. The Morgan fingerprint density at radius 1 is 1.19 bits per heavy atom. The molecule has 2 aromatic rings. The Morgan fingerprint density at radius 2 is 1.88 bits per heavy atom. The highest BCUT2D eigenvalue weighted by Crippen LogP contribution is 2.38. The number of pyridine rings is 1. The van der Waals surface area contributed by atoms with Crippen molar-refractivity contribution in [3.8, 4) is 11.3 Å². The zero-order chi connectivity index (χ0) is 18.5. The van der Waals surface area contributed by atoms with E-state index in [0.29, 0.717) is 11.6 Å². The third kappa shape index (κ3) is 3.69. The van der Waals surface area contributed by atoms with Gasteiger partial charge in [0.05, 0.1) is 11.3 Å². The molecule has 0 radical (unpaired) electrons. The number of amides is 1. The first-order valence-electron chi connectivity index (χ1n) is 10.1. The summed E-state index contributed by atoms with van der Waals surface area (Å²) in [4.78, 5) is 16.9. The van der Waals surface area contributed by atoms with E-state index in [4.69, 9.17) is 5.73 Å². The molecular weight excluding hydrogens is 322 g/mol. The lowest BCUT2D eigenvalue weighted by Gasteiger charge is -2.26. The summed E-state index contributed by atoms with van der Waals surface area (Å²) >= 11 is 0. The fourth-order valence-electron chi connectivity index (χ4n) is 4.53. The zero-order valence-electron chi connectivity index (χ0n) is 16.1. The molecule has 1 amide bonds. The number of primary amides is 1. The van der Waals surface area contributed by atoms with E-state index >= 15 is 0 Å². The van der Waals surface area contributed by atoms with Crippen molar-refractivity contribution < 1.29 is 4.79 Å². The van der Waals surface area contributed by atoms with Gasteiger partial charge >= 0.3 is 0 Å². The van der Waals surface area contributed by atoms with Crippen LogP contribution in [0.5, 0.6) is 0 Å². The van der Waals surface area contributed by atoms with Gasteiger partial charge in [0.2, 0.25) is 0 Å². The smallest absolute Gasteiger partial charge is 0.251 e. The molecule has 1 saturated carbocycles. The molecule has 2 N–H and O–H groups in total. The topological polar surface area (TPSA) is 60.9 Å². The van der Waals surface area contributed by atoms with Crippen LogP contribution in [-0.2, 0) is 6.42 Å². The van der Waals surface area contributed by atoms with E-state index in [-0.39, 0.29) is 5.91 Å². The van der Waals surface area contributed by atoms with Crippen LogP contribution in [-0.4, -0.2) is 15.5 Å². The van der Waals surface area contributed by atoms with Crippen LogP contribution in [0.4, 0.5) is 0 Å². The summed E-state index contributed by atoms with van der Waals surface area (Å²) in [5.41, 5.74) is 10.6. The van der Waals surface area contributed by atoms with Gasteiger partial charge < -0.3 is 10.3 Å². The molecule has 0 aromatic carbocycles. The first-order valence-corrected chi connectivity index (χ1v) is 10.1. The monoisotopic (exact) mass is 353 g/mol. The quantitative estimate of drug-likeness (QED) is 0.803. The Morgan fingerprint density at radius 3 is 2.46 bits per heavy atom. The number of nitrogens with two attached hydrogens (primary N) is 1. The van der Waals surface area contributed by atoms with Crippen molar-refractivity contribution in [2.75, 3.05) is 0 Å². The number of carbonyl (C=O) groups is 1. The van der Waals surface area contributed by atoms with Crippen molar-refractivity contribution in [2.24, 2.45) is 5.73 Å². The Hall–Kier alpha value is -2.10. The van der Waals surface area contributed by atoms with Gasteiger partial charge in [-0.05, 0) is 38.3 Å². The van der Waals surface area contributed by atoms with E-state index < -0.39 is 0 Å². The van der Waals surface area contributed by atoms with Gasteiger partial charge in [0.25, 0.3) is 5.91 Å². The van der Waals surface area contributed by atoms with Crippen molar-refractivity contribution in [3.05, 3.63) is 41.3 Å². The molecular formula is C22H31N3O. The molecule has 1 fully saturated rings. The van der Waals surface area contributed by atoms with Crippen molar-refractivity contribution in [1.82, 2.24) is 9.55 Å². The summed E-state index contributed by atoms with van der Waals surface area (Å²) in [6.07, 6.45) is 12.6.